The van der Waals surface area contributed by atoms with Crippen LogP contribution in [-0.4, -0.2) is 34.4 Å². The topological polar surface area (TPSA) is 140 Å². The summed E-state index contributed by atoms with van der Waals surface area (Å²) in [7, 11) is 0. The van der Waals surface area contributed by atoms with Gasteiger partial charge in [-0.15, -0.1) is 0 Å². The van der Waals surface area contributed by atoms with Crippen LogP contribution in [0.3, 0.4) is 0 Å². The number of hydrazine groups is 1. The van der Waals surface area contributed by atoms with Crippen molar-refractivity contribution >= 4 is 40.8 Å². The minimum Gasteiger partial charge on any atom is -0.466 e. The molecule has 0 spiro atoms. The predicted molar refractivity (Wildman–Crippen MR) is 119 cm³/mol. The summed E-state index contributed by atoms with van der Waals surface area (Å²) >= 11 is 4.90. The highest BCUT2D eigenvalue weighted by Gasteiger charge is 2.12. The number of esters is 1. The van der Waals surface area contributed by atoms with Crippen molar-refractivity contribution in [1.82, 2.24) is 16.2 Å². The van der Waals surface area contributed by atoms with Crippen LogP contribution in [0.5, 0.6) is 0 Å². The minimum absolute atomic E-state index is 0.102. The highest BCUT2D eigenvalue weighted by atomic mass is 32.1. The van der Waals surface area contributed by atoms with E-state index in [1.807, 2.05) is 30.3 Å². The van der Waals surface area contributed by atoms with E-state index in [-0.39, 0.29) is 35.8 Å². The largest absolute Gasteiger partial charge is 0.466 e. The normalized spacial score (nSPS) is 10.0. The molecule has 0 unspecified atom stereocenters. The van der Waals surface area contributed by atoms with E-state index >= 15 is 0 Å². The van der Waals surface area contributed by atoms with Crippen molar-refractivity contribution in [3.05, 3.63) is 75.8 Å². The maximum Gasteiger partial charge on any atom is 0.306 e. The maximum absolute atomic E-state index is 12.0. The van der Waals surface area contributed by atoms with Gasteiger partial charge in [-0.2, -0.15) is 0 Å². The molecule has 10 nitrogen and oxygen atoms in total. The Kier molecular flexibility index (Phi) is 9.72. The zero-order valence-corrected chi connectivity index (χ0v) is 17.9. The molecule has 2 rings (SSSR count). The third-order valence-electron chi connectivity index (χ3n) is 4.15. The lowest BCUT2D eigenvalue weighted by molar-refractivity contribution is -0.384. The Hall–Kier alpha value is -3.86. The Morgan fingerprint density at radius 2 is 1.66 bits per heavy atom. The molecular weight excluding hydrogens is 436 g/mol. The van der Waals surface area contributed by atoms with E-state index in [4.69, 9.17) is 17.0 Å². The number of benzene rings is 2. The second-order valence-electron chi connectivity index (χ2n) is 6.57. The quantitative estimate of drug-likeness (QED) is 0.171. The number of aryl methyl sites for hydroxylation is 1. The summed E-state index contributed by atoms with van der Waals surface area (Å²) in [6.45, 7) is 0.268. The second-order valence-corrected chi connectivity index (χ2v) is 6.98. The van der Waals surface area contributed by atoms with Crippen LogP contribution < -0.4 is 16.2 Å². The zero-order valence-electron chi connectivity index (χ0n) is 17.0. The number of non-ortho nitro benzene ring substituents is 1. The molecule has 11 heteroatoms. The molecule has 0 bridgehead atoms. The summed E-state index contributed by atoms with van der Waals surface area (Å²) in [5, 5.41) is 12.8. The molecule has 0 aliphatic rings. The summed E-state index contributed by atoms with van der Waals surface area (Å²) < 4.78 is 5.10. The van der Waals surface area contributed by atoms with E-state index in [2.05, 4.69) is 16.2 Å². The fraction of sp³-hybridized carbons (Fsp3) is 0.238. The van der Waals surface area contributed by atoms with Crippen molar-refractivity contribution in [2.75, 3.05) is 6.61 Å². The molecule has 0 fully saturated rings. The summed E-state index contributed by atoms with van der Waals surface area (Å²) in [4.78, 5) is 45.6. The number of rotatable bonds is 9. The first-order valence-electron chi connectivity index (χ1n) is 9.69. The number of carbonyl (C=O) groups excluding carboxylic acids is 3. The molecule has 2 aromatic rings. The molecule has 2 amide bonds. The van der Waals surface area contributed by atoms with Crippen LogP contribution in [0.25, 0.3) is 0 Å². The predicted octanol–water partition coefficient (Wildman–Crippen LogP) is 2.19. The van der Waals surface area contributed by atoms with Gasteiger partial charge in [0.05, 0.1) is 18.0 Å². The van der Waals surface area contributed by atoms with E-state index in [0.29, 0.717) is 6.42 Å². The smallest absolute Gasteiger partial charge is 0.306 e. The molecule has 0 heterocycles. The molecule has 0 aliphatic heterocycles. The highest BCUT2D eigenvalue weighted by molar-refractivity contribution is 7.80. The van der Waals surface area contributed by atoms with Gasteiger partial charge in [0.2, 0.25) is 5.91 Å². The fourth-order valence-electron chi connectivity index (χ4n) is 2.54. The number of nitrogens with zero attached hydrogens (tertiary/aromatic N) is 1. The second kappa shape index (κ2) is 12.7. The summed E-state index contributed by atoms with van der Waals surface area (Å²) in [6.07, 6.45) is 1.25. The summed E-state index contributed by atoms with van der Waals surface area (Å²) in [5.74, 6) is -1.61. The lowest BCUT2D eigenvalue weighted by atomic mass is 10.1. The maximum atomic E-state index is 12.0. The van der Waals surface area contributed by atoms with Crippen LogP contribution in [0.1, 0.15) is 35.2 Å². The minimum atomic E-state index is -0.601. The number of amides is 2. The van der Waals surface area contributed by atoms with Crippen molar-refractivity contribution in [3.8, 4) is 0 Å². The standard InChI is InChI=1S/C21H22N4O6S/c26-18(12-13-19(27)31-14-4-7-15-5-2-1-3-6-15)22-21(32)24-23-20(28)16-8-10-17(11-9-16)25(29)30/h1-3,5-6,8-11H,4,7,12-14H2,(H,23,28)(H2,22,24,26,32). The first-order chi connectivity index (χ1) is 15.3. The van der Waals surface area contributed by atoms with Crippen LogP contribution >= 0.6 is 12.2 Å². The van der Waals surface area contributed by atoms with E-state index in [1.54, 1.807) is 0 Å². The Morgan fingerprint density at radius 3 is 2.31 bits per heavy atom. The van der Waals surface area contributed by atoms with Gasteiger partial charge in [0, 0.05) is 24.1 Å². The molecule has 32 heavy (non-hydrogen) atoms. The van der Waals surface area contributed by atoms with Crippen LogP contribution in [0.4, 0.5) is 5.69 Å². The molecule has 0 saturated carbocycles. The van der Waals surface area contributed by atoms with E-state index in [9.17, 15) is 24.5 Å². The molecule has 2 aromatic carbocycles. The molecule has 0 saturated heterocycles. The fourth-order valence-corrected chi connectivity index (χ4v) is 2.70. The van der Waals surface area contributed by atoms with Gasteiger partial charge in [0.1, 0.15) is 0 Å². The van der Waals surface area contributed by atoms with Gasteiger partial charge in [-0.1, -0.05) is 30.3 Å². The van der Waals surface area contributed by atoms with Crippen LogP contribution in [0.2, 0.25) is 0 Å². The van der Waals surface area contributed by atoms with Crippen molar-refractivity contribution in [2.24, 2.45) is 0 Å². The van der Waals surface area contributed by atoms with Crippen molar-refractivity contribution in [2.45, 2.75) is 25.7 Å². The number of carbonyl (C=O) groups is 3. The summed E-state index contributed by atoms with van der Waals surface area (Å²) in [6, 6.07) is 14.8. The van der Waals surface area contributed by atoms with E-state index in [1.165, 1.54) is 24.3 Å². The number of thiocarbonyl (C=S) groups is 1. The molecule has 3 N–H and O–H groups in total. The number of hydrogen-bond acceptors (Lipinski definition) is 7. The summed E-state index contributed by atoms with van der Waals surface area (Å²) in [5.41, 5.74) is 5.77. The van der Waals surface area contributed by atoms with Crippen molar-refractivity contribution in [1.29, 1.82) is 0 Å². The molecular formula is C21H22N4O6S. The van der Waals surface area contributed by atoms with Crippen LogP contribution in [0.15, 0.2) is 54.6 Å². The number of ether oxygens (including phenoxy) is 1. The third kappa shape index (κ3) is 8.88. The highest BCUT2D eigenvalue weighted by Crippen LogP contribution is 2.11. The SMILES string of the molecule is O=C(CCC(=O)OCCCc1ccccc1)NC(=S)NNC(=O)c1ccc([N+](=O)[O-])cc1. The third-order valence-corrected chi connectivity index (χ3v) is 4.36. The van der Waals surface area contributed by atoms with Gasteiger partial charge in [-0.05, 0) is 42.8 Å². The van der Waals surface area contributed by atoms with Crippen molar-refractivity contribution in [3.63, 3.8) is 0 Å². The van der Waals surface area contributed by atoms with Crippen LogP contribution in [-0.2, 0) is 20.7 Å². The molecule has 0 aromatic heterocycles. The Balaban J connectivity index is 1.59. The van der Waals surface area contributed by atoms with Gasteiger partial charge >= 0.3 is 5.97 Å². The van der Waals surface area contributed by atoms with Gasteiger partial charge < -0.3 is 10.1 Å². The molecule has 0 aliphatic carbocycles. The van der Waals surface area contributed by atoms with Gasteiger partial charge in [-0.25, -0.2) is 0 Å². The average Bonchev–Trinajstić information content (AvgIpc) is 2.79. The molecule has 168 valence electrons. The van der Waals surface area contributed by atoms with Crippen molar-refractivity contribution < 1.29 is 24.0 Å². The molecule has 0 atom stereocenters. The molecule has 0 radical (unpaired) electrons. The number of nitro groups is 1. The lowest BCUT2D eigenvalue weighted by Gasteiger charge is -2.10. The van der Waals surface area contributed by atoms with Gasteiger partial charge in [-0.3, -0.25) is 35.3 Å². The first kappa shape index (κ1) is 24.4. The first-order valence-corrected chi connectivity index (χ1v) is 10.1. The average molecular weight is 458 g/mol. The number of hydrogen-bond donors (Lipinski definition) is 3. The Labute approximate surface area is 189 Å². The lowest BCUT2D eigenvalue weighted by Crippen LogP contribution is -2.48. The zero-order chi connectivity index (χ0) is 23.3. The number of nitro benzene ring substituents is 1. The monoisotopic (exact) mass is 458 g/mol. The Bertz CT molecular complexity index is 966. The van der Waals surface area contributed by atoms with E-state index in [0.717, 1.165) is 12.0 Å². The van der Waals surface area contributed by atoms with E-state index < -0.39 is 22.7 Å². The number of nitrogens with one attached hydrogen (secondary N) is 3. The Morgan fingerprint density at radius 1 is 0.969 bits per heavy atom. The van der Waals surface area contributed by atoms with Gasteiger partial charge in [0.15, 0.2) is 5.11 Å². The van der Waals surface area contributed by atoms with Crippen LogP contribution in [0, 0.1) is 10.1 Å². The van der Waals surface area contributed by atoms with Gasteiger partial charge in [0.25, 0.3) is 11.6 Å².